The summed E-state index contributed by atoms with van der Waals surface area (Å²) in [6, 6.07) is 7.61. The minimum Gasteiger partial charge on any atom is -0.449 e. The number of nitrogens with one attached hydrogen (secondary N) is 1. The Labute approximate surface area is 126 Å². The number of ether oxygens (including phenoxy) is 1. The SMILES string of the molecule is CC(C)C(OC(=O)c1cc2ccccc2o1)C(=O)NC(N)=O. The minimum atomic E-state index is -1.15. The van der Waals surface area contributed by atoms with Gasteiger partial charge in [0.2, 0.25) is 5.76 Å². The van der Waals surface area contributed by atoms with Crippen molar-refractivity contribution >= 4 is 28.9 Å². The number of nitrogens with two attached hydrogens (primary N) is 1. The summed E-state index contributed by atoms with van der Waals surface area (Å²) in [4.78, 5) is 34.7. The highest BCUT2D eigenvalue weighted by Crippen LogP contribution is 2.20. The largest absolute Gasteiger partial charge is 0.449 e. The zero-order valence-electron chi connectivity index (χ0n) is 12.2. The second-order valence-electron chi connectivity index (χ2n) is 5.07. The number of carbonyl (C=O) groups excluding carboxylic acids is 3. The molecule has 116 valence electrons. The van der Waals surface area contributed by atoms with Gasteiger partial charge in [-0.2, -0.15) is 0 Å². The highest BCUT2D eigenvalue weighted by molar-refractivity contribution is 5.98. The molecule has 2 aromatic rings. The van der Waals surface area contributed by atoms with Crippen molar-refractivity contribution in [2.24, 2.45) is 11.7 Å². The Bertz CT molecular complexity index is 687. The predicted molar refractivity (Wildman–Crippen MR) is 78.0 cm³/mol. The molecule has 1 aromatic carbocycles. The fourth-order valence-corrected chi connectivity index (χ4v) is 1.94. The smallest absolute Gasteiger partial charge is 0.375 e. The molecule has 2 rings (SSSR count). The maximum absolute atomic E-state index is 12.1. The molecule has 1 unspecified atom stereocenters. The van der Waals surface area contributed by atoms with Gasteiger partial charge in [-0.1, -0.05) is 32.0 Å². The molecule has 7 nitrogen and oxygen atoms in total. The summed E-state index contributed by atoms with van der Waals surface area (Å²) in [6.07, 6.45) is -1.15. The Kier molecular flexibility index (Phi) is 4.45. The first-order valence-corrected chi connectivity index (χ1v) is 6.68. The number of esters is 1. The molecule has 0 fully saturated rings. The Balaban J connectivity index is 2.17. The Morgan fingerprint density at radius 3 is 2.50 bits per heavy atom. The summed E-state index contributed by atoms with van der Waals surface area (Å²) >= 11 is 0. The zero-order valence-corrected chi connectivity index (χ0v) is 12.2. The standard InChI is InChI=1S/C15H16N2O5/c1-8(2)12(13(18)17-15(16)20)22-14(19)11-7-9-5-3-4-6-10(9)21-11/h3-8,12H,1-2H3,(H3,16,17,18,20). The normalized spacial score (nSPS) is 12.1. The Morgan fingerprint density at radius 2 is 1.91 bits per heavy atom. The first-order valence-electron chi connectivity index (χ1n) is 6.68. The molecule has 0 saturated heterocycles. The molecule has 0 saturated carbocycles. The number of imide groups is 1. The number of benzene rings is 1. The fourth-order valence-electron chi connectivity index (χ4n) is 1.94. The number of urea groups is 1. The van der Waals surface area contributed by atoms with Crippen molar-refractivity contribution < 1.29 is 23.5 Å². The third kappa shape index (κ3) is 3.43. The van der Waals surface area contributed by atoms with E-state index in [1.165, 1.54) is 6.07 Å². The quantitative estimate of drug-likeness (QED) is 0.837. The van der Waals surface area contributed by atoms with E-state index in [1.54, 1.807) is 32.0 Å². The van der Waals surface area contributed by atoms with Gasteiger partial charge >= 0.3 is 12.0 Å². The number of fused-ring (bicyclic) bond motifs is 1. The fraction of sp³-hybridized carbons (Fsp3) is 0.267. The molecular formula is C15H16N2O5. The zero-order chi connectivity index (χ0) is 16.3. The number of rotatable bonds is 4. The number of primary amides is 1. The molecule has 0 radical (unpaired) electrons. The lowest BCUT2D eigenvalue weighted by Crippen LogP contribution is -2.45. The van der Waals surface area contributed by atoms with E-state index < -0.39 is 24.0 Å². The number of furan rings is 1. The van der Waals surface area contributed by atoms with Crippen LogP contribution in [0.1, 0.15) is 24.4 Å². The second-order valence-corrected chi connectivity index (χ2v) is 5.07. The lowest BCUT2D eigenvalue weighted by Gasteiger charge is -2.19. The summed E-state index contributed by atoms with van der Waals surface area (Å²) in [5.41, 5.74) is 5.43. The van der Waals surface area contributed by atoms with E-state index in [-0.39, 0.29) is 11.7 Å². The number of carbonyl (C=O) groups is 3. The van der Waals surface area contributed by atoms with Gasteiger partial charge in [0, 0.05) is 5.39 Å². The second kappa shape index (κ2) is 6.30. The van der Waals surface area contributed by atoms with Gasteiger partial charge in [0.25, 0.3) is 5.91 Å². The molecule has 3 N–H and O–H groups in total. The van der Waals surface area contributed by atoms with Crippen LogP contribution in [0, 0.1) is 5.92 Å². The van der Waals surface area contributed by atoms with Gasteiger partial charge in [-0.15, -0.1) is 0 Å². The third-order valence-corrected chi connectivity index (χ3v) is 2.97. The van der Waals surface area contributed by atoms with Gasteiger partial charge in [-0.25, -0.2) is 9.59 Å². The van der Waals surface area contributed by atoms with Crippen LogP contribution in [0.25, 0.3) is 11.0 Å². The van der Waals surface area contributed by atoms with Crippen LogP contribution in [0.5, 0.6) is 0 Å². The van der Waals surface area contributed by atoms with Crippen LogP contribution in [-0.4, -0.2) is 24.0 Å². The third-order valence-electron chi connectivity index (χ3n) is 2.97. The van der Waals surface area contributed by atoms with Gasteiger partial charge < -0.3 is 14.9 Å². The molecule has 22 heavy (non-hydrogen) atoms. The van der Waals surface area contributed by atoms with Crippen LogP contribution in [0.15, 0.2) is 34.7 Å². The summed E-state index contributed by atoms with van der Waals surface area (Å²) in [7, 11) is 0. The van der Waals surface area contributed by atoms with Crippen LogP contribution < -0.4 is 11.1 Å². The van der Waals surface area contributed by atoms with Crippen molar-refractivity contribution in [3.8, 4) is 0 Å². The lowest BCUT2D eigenvalue weighted by molar-refractivity contribution is -0.131. The summed E-state index contributed by atoms with van der Waals surface area (Å²) < 4.78 is 10.5. The molecule has 7 heteroatoms. The first-order chi connectivity index (χ1) is 10.4. The highest BCUT2D eigenvalue weighted by Gasteiger charge is 2.29. The monoisotopic (exact) mass is 304 g/mol. The maximum Gasteiger partial charge on any atom is 0.375 e. The van der Waals surface area contributed by atoms with Crippen LogP contribution >= 0.6 is 0 Å². The van der Waals surface area contributed by atoms with Gasteiger partial charge in [0.05, 0.1) is 0 Å². The molecule has 0 aliphatic heterocycles. The number of amides is 3. The van der Waals surface area contributed by atoms with Gasteiger partial charge in [-0.05, 0) is 18.1 Å². The van der Waals surface area contributed by atoms with Crippen LogP contribution in [0.3, 0.4) is 0 Å². The van der Waals surface area contributed by atoms with Crippen molar-refractivity contribution in [3.05, 3.63) is 36.1 Å². The van der Waals surface area contributed by atoms with Crippen molar-refractivity contribution in [2.75, 3.05) is 0 Å². The van der Waals surface area contributed by atoms with Crippen molar-refractivity contribution in [2.45, 2.75) is 20.0 Å². The Hall–Kier alpha value is -2.83. The van der Waals surface area contributed by atoms with E-state index in [9.17, 15) is 14.4 Å². The molecule has 0 aliphatic carbocycles. The van der Waals surface area contributed by atoms with Gasteiger partial charge in [0.15, 0.2) is 6.10 Å². The van der Waals surface area contributed by atoms with Crippen molar-refractivity contribution in [1.82, 2.24) is 5.32 Å². The predicted octanol–water partition coefficient (Wildman–Crippen LogP) is 1.81. The highest BCUT2D eigenvalue weighted by atomic mass is 16.6. The van der Waals surface area contributed by atoms with Gasteiger partial charge in [-0.3, -0.25) is 10.1 Å². The van der Waals surface area contributed by atoms with Crippen LogP contribution in [0.4, 0.5) is 4.79 Å². The van der Waals surface area contributed by atoms with E-state index >= 15 is 0 Å². The van der Waals surface area contributed by atoms with E-state index in [0.717, 1.165) is 5.39 Å². The first kappa shape index (κ1) is 15.6. The average molecular weight is 304 g/mol. The number of hydrogen-bond acceptors (Lipinski definition) is 5. The number of hydrogen-bond donors (Lipinski definition) is 2. The van der Waals surface area contributed by atoms with E-state index in [4.69, 9.17) is 14.9 Å². The minimum absolute atomic E-state index is 0.0151. The molecular weight excluding hydrogens is 288 g/mol. The lowest BCUT2D eigenvalue weighted by atomic mass is 10.1. The maximum atomic E-state index is 12.1. The van der Waals surface area contributed by atoms with E-state index in [0.29, 0.717) is 5.58 Å². The molecule has 3 amide bonds. The van der Waals surface area contributed by atoms with Crippen LogP contribution in [0.2, 0.25) is 0 Å². The molecule has 0 bridgehead atoms. The molecule has 1 heterocycles. The van der Waals surface area contributed by atoms with E-state index in [1.807, 2.05) is 11.4 Å². The summed E-state index contributed by atoms with van der Waals surface area (Å²) in [5, 5.41) is 2.65. The molecule has 0 spiro atoms. The summed E-state index contributed by atoms with van der Waals surface area (Å²) in [5.74, 6) is -1.91. The van der Waals surface area contributed by atoms with Gasteiger partial charge in [0.1, 0.15) is 5.58 Å². The molecule has 1 atom stereocenters. The Morgan fingerprint density at radius 1 is 1.23 bits per heavy atom. The molecule has 1 aromatic heterocycles. The summed E-state index contributed by atoms with van der Waals surface area (Å²) in [6.45, 7) is 3.36. The topological polar surface area (TPSA) is 112 Å². The van der Waals surface area contributed by atoms with Crippen molar-refractivity contribution in [1.29, 1.82) is 0 Å². The average Bonchev–Trinajstić information content (AvgIpc) is 2.87. The van der Waals surface area contributed by atoms with Crippen molar-refractivity contribution in [3.63, 3.8) is 0 Å². The van der Waals surface area contributed by atoms with E-state index in [2.05, 4.69) is 0 Å². The van der Waals surface area contributed by atoms with Crippen LogP contribution in [-0.2, 0) is 9.53 Å². The number of para-hydroxylation sites is 1. The molecule has 0 aliphatic rings.